The lowest BCUT2D eigenvalue weighted by Crippen LogP contribution is -2.40. The van der Waals surface area contributed by atoms with Gasteiger partial charge in [0.2, 0.25) is 5.91 Å². The second-order valence-corrected chi connectivity index (χ2v) is 7.68. The highest BCUT2D eigenvalue weighted by molar-refractivity contribution is 7.22. The first-order chi connectivity index (χ1) is 11.4. The van der Waals surface area contributed by atoms with Crippen molar-refractivity contribution in [2.45, 2.75) is 34.6 Å². The molecule has 0 unspecified atom stereocenters. The third-order valence-corrected chi connectivity index (χ3v) is 5.41. The molecule has 7 heteroatoms. The van der Waals surface area contributed by atoms with Crippen LogP contribution in [-0.4, -0.2) is 42.0 Å². The van der Waals surface area contributed by atoms with E-state index in [0.717, 1.165) is 40.5 Å². The van der Waals surface area contributed by atoms with Crippen LogP contribution in [0.25, 0.3) is 10.2 Å². The Labute approximate surface area is 165 Å². The van der Waals surface area contributed by atoms with Crippen LogP contribution in [0.5, 0.6) is 0 Å². The van der Waals surface area contributed by atoms with E-state index >= 15 is 0 Å². The molecule has 0 saturated heterocycles. The zero-order valence-corrected chi connectivity index (χ0v) is 17.9. The van der Waals surface area contributed by atoms with Gasteiger partial charge in [0.05, 0.1) is 10.2 Å². The summed E-state index contributed by atoms with van der Waals surface area (Å²) in [7, 11) is 0. The number of thiazole rings is 1. The zero-order valence-electron chi connectivity index (χ0n) is 15.5. The van der Waals surface area contributed by atoms with Crippen LogP contribution < -0.4 is 4.90 Å². The first-order valence-electron chi connectivity index (χ1n) is 8.47. The maximum Gasteiger partial charge on any atom is 0.231 e. The molecule has 140 valence electrons. The monoisotopic (exact) mass is 403 g/mol. The van der Waals surface area contributed by atoms with Crippen LogP contribution in [0.15, 0.2) is 12.1 Å². The van der Waals surface area contributed by atoms with Gasteiger partial charge in [0.15, 0.2) is 5.13 Å². The summed E-state index contributed by atoms with van der Waals surface area (Å²) in [5.74, 6) is 0.0587. The number of carbonyl (C=O) groups excluding carboxylic acids is 1. The molecule has 0 fully saturated rings. The predicted molar refractivity (Wildman–Crippen MR) is 112 cm³/mol. The Morgan fingerprint density at radius 2 is 1.88 bits per heavy atom. The minimum Gasteiger partial charge on any atom is -0.302 e. The van der Waals surface area contributed by atoms with Crippen molar-refractivity contribution >= 4 is 56.6 Å². The van der Waals surface area contributed by atoms with E-state index in [4.69, 9.17) is 16.6 Å². The van der Waals surface area contributed by atoms with Gasteiger partial charge in [-0.25, -0.2) is 4.98 Å². The number of amides is 1. The maximum atomic E-state index is 12.7. The molecule has 1 aromatic carbocycles. The van der Waals surface area contributed by atoms with Crippen molar-refractivity contribution in [3.63, 3.8) is 0 Å². The summed E-state index contributed by atoms with van der Waals surface area (Å²) in [5.41, 5.74) is 1.98. The van der Waals surface area contributed by atoms with E-state index in [0.29, 0.717) is 11.6 Å². The lowest BCUT2D eigenvalue weighted by Gasteiger charge is -2.25. The van der Waals surface area contributed by atoms with Crippen LogP contribution >= 0.6 is 35.3 Å². The Morgan fingerprint density at radius 1 is 1.24 bits per heavy atom. The molecule has 0 aliphatic rings. The van der Waals surface area contributed by atoms with E-state index in [1.54, 1.807) is 0 Å². The van der Waals surface area contributed by atoms with Crippen LogP contribution in [0, 0.1) is 12.8 Å². The molecular weight excluding hydrogens is 377 g/mol. The first-order valence-corrected chi connectivity index (χ1v) is 9.67. The van der Waals surface area contributed by atoms with E-state index in [1.807, 2.05) is 37.8 Å². The molecular formula is C18H27Cl2N3OS. The molecule has 25 heavy (non-hydrogen) atoms. The SMILES string of the molecule is CCN(CC)CCN(C(=O)C(C)C)c1nc2c(C)cc(Cl)cc2s1.Cl. The van der Waals surface area contributed by atoms with E-state index in [2.05, 4.69) is 18.7 Å². The Hall–Kier alpha value is -0.880. The van der Waals surface area contributed by atoms with Gasteiger partial charge in [-0.05, 0) is 37.7 Å². The van der Waals surface area contributed by atoms with Gasteiger partial charge in [-0.2, -0.15) is 0 Å². The van der Waals surface area contributed by atoms with Gasteiger partial charge in [-0.3, -0.25) is 9.69 Å². The summed E-state index contributed by atoms with van der Waals surface area (Å²) in [5, 5.41) is 1.47. The van der Waals surface area contributed by atoms with Crippen LogP contribution in [0.1, 0.15) is 33.3 Å². The maximum absolute atomic E-state index is 12.7. The van der Waals surface area contributed by atoms with Gasteiger partial charge in [0, 0.05) is 24.0 Å². The third-order valence-electron chi connectivity index (χ3n) is 4.16. The summed E-state index contributed by atoms with van der Waals surface area (Å²) in [6, 6.07) is 3.84. The van der Waals surface area contributed by atoms with Gasteiger partial charge in [0.25, 0.3) is 0 Å². The van der Waals surface area contributed by atoms with Crippen molar-refractivity contribution in [3.8, 4) is 0 Å². The van der Waals surface area contributed by atoms with Crippen molar-refractivity contribution in [1.82, 2.24) is 9.88 Å². The number of hydrogen-bond acceptors (Lipinski definition) is 4. The molecule has 1 amide bonds. The highest BCUT2D eigenvalue weighted by atomic mass is 35.5. The fourth-order valence-corrected chi connectivity index (χ4v) is 4.10. The van der Waals surface area contributed by atoms with Gasteiger partial charge < -0.3 is 4.90 Å². The number of aryl methyl sites for hydroxylation is 1. The highest BCUT2D eigenvalue weighted by Gasteiger charge is 2.23. The molecule has 1 heterocycles. The standard InChI is InChI=1S/C18H26ClN3OS.ClH/c1-6-21(7-2)8-9-22(17(23)12(3)4)18-20-16-13(5)10-14(19)11-15(16)24-18;/h10-12H,6-9H2,1-5H3;1H. The summed E-state index contributed by atoms with van der Waals surface area (Å²) < 4.78 is 1.03. The number of likely N-dealkylation sites (N-methyl/N-ethyl adjacent to an activating group) is 1. The minimum atomic E-state index is -0.0570. The van der Waals surface area contributed by atoms with Gasteiger partial charge in [-0.15, -0.1) is 12.4 Å². The number of anilines is 1. The van der Waals surface area contributed by atoms with Crippen molar-refractivity contribution in [1.29, 1.82) is 0 Å². The second-order valence-electron chi connectivity index (χ2n) is 6.24. The number of benzene rings is 1. The predicted octanol–water partition coefficient (Wildman–Crippen LogP) is 5.01. The Bertz CT molecular complexity index is 714. The summed E-state index contributed by atoms with van der Waals surface area (Å²) in [6.07, 6.45) is 0. The molecule has 0 bridgehead atoms. The number of aromatic nitrogens is 1. The minimum absolute atomic E-state index is 0. The van der Waals surface area contributed by atoms with E-state index in [1.165, 1.54) is 11.3 Å². The third kappa shape index (κ3) is 5.30. The molecule has 2 rings (SSSR count). The lowest BCUT2D eigenvalue weighted by atomic mass is 10.2. The molecule has 0 aliphatic carbocycles. The fraction of sp³-hybridized carbons (Fsp3) is 0.556. The second kappa shape index (κ2) is 9.72. The Morgan fingerprint density at radius 3 is 2.44 bits per heavy atom. The van der Waals surface area contributed by atoms with E-state index in [-0.39, 0.29) is 24.2 Å². The summed E-state index contributed by atoms with van der Waals surface area (Å²) >= 11 is 7.70. The molecule has 1 aromatic heterocycles. The number of hydrogen-bond donors (Lipinski definition) is 0. The van der Waals surface area contributed by atoms with Gasteiger partial charge >= 0.3 is 0 Å². The molecule has 2 aromatic rings. The van der Waals surface area contributed by atoms with Crippen LogP contribution in [0.4, 0.5) is 5.13 Å². The van der Waals surface area contributed by atoms with Gasteiger partial charge in [0.1, 0.15) is 0 Å². The van der Waals surface area contributed by atoms with Crippen LogP contribution in [0.3, 0.4) is 0 Å². The number of fused-ring (bicyclic) bond motifs is 1. The normalized spacial score (nSPS) is 11.2. The molecule has 0 spiro atoms. The summed E-state index contributed by atoms with van der Waals surface area (Å²) in [4.78, 5) is 21.6. The number of rotatable bonds is 7. The topological polar surface area (TPSA) is 36.4 Å². The van der Waals surface area contributed by atoms with E-state index < -0.39 is 0 Å². The zero-order chi connectivity index (χ0) is 17.9. The van der Waals surface area contributed by atoms with Crippen molar-refractivity contribution < 1.29 is 4.79 Å². The molecule has 4 nitrogen and oxygen atoms in total. The quantitative estimate of drug-likeness (QED) is 0.651. The Kier molecular flexibility index (Phi) is 8.61. The molecule has 0 radical (unpaired) electrons. The molecule has 0 aliphatic heterocycles. The smallest absolute Gasteiger partial charge is 0.231 e. The summed E-state index contributed by atoms with van der Waals surface area (Å²) in [6.45, 7) is 13.6. The van der Waals surface area contributed by atoms with Gasteiger partial charge in [-0.1, -0.05) is 50.6 Å². The number of nitrogens with zero attached hydrogens (tertiary/aromatic N) is 3. The average molecular weight is 404 g/mol. The van der Waals surface area contributed by atoms with E-state index in [9.17, 15) is 4.79 Å². The number of halogens is 2. The number of carbonyl (C=O) groups is 1. The van der Waals surface area contributed by atoms with Crippen LogP contribution in [0.2, 0.25) is 5.02 Å². The molecule has 0 atom stereocenters. The van der Waals surface area contributed by atoms with Crippen molar-refractivity contribution in [2.24, 2.45) is 5.92 Å². The molecule has 0 N–H and O–H groups in total. The largest absolute Gasteiger partial charge is 0.302 e. The average Bonchev–Trinajstić information content (AvgIpc) is 2.95. The first kappa shape index (κ1) is 22.2. The van der Waals surface area contributed by atoms with Crippen LogP contribution in [-0.2, 0) is 4.79 Å². The van der Waals surface area contributed by atoms with Crippen molar-refractivity contribution in [3.05, 3.63) is 22.7 Å². The lowest BCUT2D eigenvalue weighted by molar-refractivity contribution is -0.121. The Balaban J connectivity index is 0.00000312. The fourth-order valence-electron chi connectivity index (χ4n) is 2.65. The molecule has 0 saturated carbocycles. The van der Waals surface area contributed by atoms with Crippen molar-refractivity contribution in [2.75, 3.05) is 31.1 Å². The highest BCUT2D eigenvalue weighted by Crippen LogP contribution is 2.33.